The van der Waals surface area contributed by atoms with Crippen LogP contribution in [0.5, 0.6) is 0 Å². The summed E-state index contributed by atoms with van der Waals surface area (Å²) in [5.74, 6) is 0.229. The standard InChI is InChI=1S/C9H12BrClN6/c1-3-16-6(7(11)5(2)14-16)4-17-8(10)13-9(12)15-17/h3-4H2,1-2H3,(H2,12,15). The van der Waals surface area contributed by atoms with E-state index in [1.807, 2.05) is 18.5 Å². The molecule has 0 spiro atoms. The number of nitrogens with zero attached hydrogens (tertiary/aromatic N) is 5. The Bertz CT molecular complexity index is 546. The fraction of sp³-hybridized carbons (Fsp3) is 0.444. The van der Waals surface area contributed by atoms with Crippen LogP contribution >= 0.6 is 27.5 Å². The second-order valence-electron chi connectivity index (χ2n) is 3.56. The van der Waals surface area contributed by atoms with Crippen LogP contribution < -0.4 is 5.73 Å². The molecule has 0 aliphatic carbocycles. The minimum Gasteiger partial charge on any atom is -0.366 e. The summed E-state index contributed by atoms with van der Waals surface area (Å²) in [4.78, 5) is 3.97. The number of rotatable bonds is 3. The summed E-state index contributed by atoms with van der Waals surface area (Å²) in [7, 11) is 0. The monoisotopic (exact) mass is 318 g/mol. The van der Waals surface area contributed by atoms with Crippen LogP contribution in [0.4, 0.5) is 5.95 Å². The average molecular weight is 320 g/mol. The van der Waals surface area contributed by atoms with E-state index in [1.165, 1.54) is 0 Å². The first kappa shape index (κ1) is 12.4. The summed E-state index contributed by atoms with van der Waals surface area (Å²) in [6.45, 7) is 5.13. The lowest BCUT2D eigenvalue weighted by atomic mass is 10.3. The van der Waals surface area contributed by atoms with Crippen molar-refractivity contribution in [1.82, 2.24) is 24.5 Å². The smallest absolute Gasteiger partial charge is 0.240 e. The van der Waals surface area contributed by atoms with Gasteiger partial charge in [0.1, 0.15) is 0 Å². The number of aryl methyl sites for hydroxylation is 2. The summed E-state index contributed by atoms with van der Waals surface area (Å²) in [5.41, 5.74) is 7.23. The van der Waals surface area contributed by atoms with E-state index >= 15 is 0 Å². The van der Waals surface area contributed by atoms with E-state index in [4.69, 9.17) is 17.3 Å². The highest BCUT2D eigenvalue weighted by molar-refractivity contribution is 9.10. The van der Waals surface area contributed by atoms with Gasteiger partial charge in [-0.3, -0.25) is 4.68 Å². The summed E-state index contributed by atoms with van der Waals surface area (Å²) in [6.07, 6.45) is 0. The van der Waals surface area contributed by atoms with Gasteiger partial charge >= 0.3 is 0 Å². The summed E-state index contributed by atoms with van der Waals surface area (Å²) >= 11 is 9.50. The first-order chi connectivity index (χ1) is 8.02. The zero-order valence-corrected chi connectivity index (χ0v) is 11.8. The van der Waals surface area contributed by atoms with E-state index in [9.17, 15) is 0 Å². The Kier molecular flexibility index (Phi) is 3.39. The molecule has 8 heteroatoms. The Labute approximate surface area is 112 Å². The van der Waals surface area contributed by atoms with Crippen LogP contribution in [0.15, 0.2) is 4.73 Å². The first-order valence-corrected chi connectivity index (χ1v) is 6.27. The molecule has 0 aromatic carbocycles. The van der Waals surface area contributed by atoms with Crippen LogP contribution in [0.3, 0.4) is 0 Å². The van der Waals surface area contributed by atoms with Crippen molar-refractivity contribution >= 4 is 33.5 Å². The van der Waals surface area contributed by atoms with Crippen LogP contribution in [0, 0.1) is 6.92 Å². The van der Waals surface area contributed by atoms with Gasteiger partial charge < -0.3 is 5.73 Å². The maximum absolute atomic E-state index is 6.21. The van der Waals surface area contributed by atoms with Crippen molar-refractivity contribution in [3.8, 4) is 0 Å². The maximum atomic E-state index is 6.21. The van der Waals surface area contributed by atoms with Gasteiger partial charge in [0.25, 0.3) is 0 Å². The van der Waals surface area contributed by atoms with Gasteiger partial charge in [0.15, 0.2) is 4.73 Å². The summed E-state index contributed by atoms with van der Waals surface area (Å²) in [6, 6.07) is 0. The van der Waals surface area contributed by atoms with Gasteiger partial charge in [-0.1, -0.05) is 11.6 Å². The normalized spacial score (nSPS) is 11.1. The molecule has 92 valence electrons. The van der Waals surface area contributed by atoms with E-state index in [0.29, 0.717) is 16.3 Å². The van der Waals surface area contributed by atoms with Gasteiger partial charge in [0.05, 0.1) is 23.0 Å². The van der Waals surface area contributed by atoms with Gasteiger partial charge in [-0.05, 0) is 29.8 Å². The Balaban J connectivity index is 2.38. The van der Waals surface area contributed by atoms with E-state index in [0.717, 1.165) is 17.9 Å². The summed E-state index contributed by atoms with van der Waals surface area (Å²) < 4.78 is 4.07. The molecule has 2 N–H and O–H groups in total. The van der Waals surface area contributed by atoms with Gasteiger partial charge in [0.2, 0.25) is 5.95 Å². The first-order valence-electron chi connectivity index (χ1n) is 5.10. The number of aromatic nitrogens is 5. The molecule has 0 unspecified atom stereocenters. The number of anilines is 1. The molecular formula is C9H12BrClN6. The van der Waals surface area contributed by atoms with E-state index in [2.05, 4.69) is 31.1 Å². The lowest BCUT2D eigenvalue weighted by molar-refractivity contribution is 0.570. The van der Waals surface area contributed by atoms with E-state index < -0.39 is 0 Å². The Morgan fingerprint density at radius 2 is 2.06 bits per heavy atom. The third kappa shape index (κ3) is 2.30. The molecule has 0 atom stereocenters. The molecule has 2 aromatic rings. The van der Waals surface area contributed by atoms with Crippen LogP contribution in [-0.2, 0) is 13.1 Å². The fourth-order valence-electron chi connectivity index (χ4n) is 1.60. The molecule has 0 bridgehead atoms. The van der Waals surface area contributed by atoms with Gasteiger partial charge in [0, 0.05) is 6.54 Å². The van der Waals surface area contributed by atoms with Gasteiger partial charge in [-0.2, -0.15) is 10.1 Å². The van der Waals surface area contributed by atoms with E-state index in [-0.39, 0.29) is 5.95 Å². The van der Waals surface area contributed by atoms with Crippen molar-refractivity contribution < 1.29 is 0 Å². The average Bonchev–Trinajstić information content (AvgIpc) is 2.73. The Hall–Kier alpha value is -1.08. The lowest BCUT2D eigenvalue weighted by Gasteiger charge is -2.05. The zero-order chi connectivity index (χ0) is 12.6. The number of nitrogen functional groups attached to an aromatic ring is 1. The van der Waals surface area contributed by atoms with Crippen molar-refractivity contribution in [1.29, 1.82) is 0 Å². The molecule has 2 aromatic heterocycles. The number of nitrogens with two attached hydrogens (primary N) is 1. The van der Waals surface area contributed by atoms with E-state index in [1.54, 1.807) is 4.68 Å². The molecule has 0 aliphatic heterocycles. The Morgan fingerprint density at radius 3 is 2.59 bits per heavy atom. The molecule has 17 heavy (non-hydrogen) atoms. The minimum atomic E-state index is 0.229. The molecule has 0 saturated heterocycles. The molecule has 0 fully saturated rings. The maximum Gasteiger partial charge on any atom is 0.240 e. The predicted molar refractivity (Wildman–Crippen MR) is 68.9 cm³/mol. The molecule has 6 nitrogen and oxygen atoms in total. The topological polar surface area (TPSA) is 74.5 Å². The highest BCUT2D eigenvalue weighted by Crippen LogP contribution is 2.22. The fourth-order valence-corrected chi connectivity index (χ4v) is 2.18. The SMILES string of the molecule is CCn1nc(C)c(Cl)c1Cn1nc(N)nc1Br. The zero-order valence-electron chi connectivity index (χ0n) is 9.48. The molecule has 0 radical (unpaired) electrons. The Morgan fingerprint density at radius 1 is 1.35 bits per heavy atom. The van der Waals surface area contributed by atoms with Crippen LogP contribution in [0.1, 0.15) is 18.3 Å². The molecule has 2 rings (SSSR count). The van der Waals surface area contributed by atoms with Gasteiger partial charge in [-0.25, -0.2) is 4.68 Å². The second-order valence-corrected chi connectivity index (χ2v) is 4.65. The van der Waals surface area contributed by atoms with Crippen LogP contribution in [0.25, 0.3) is 0 Å². The minimum absolute atomic E-state index is 0.229. The molecule has 0 saturated carbocycles. The lowest BCUT2D eigenvalue weighted by Crippen LogP contribution is -2.10. The highest BCUT2D eigenvalue weighted by atomic mass is 79.9. The second kappa shape index (κ2) is 4.66. The van der Waals surface area contributed by atoms with Crippen molar-refractivity contribution in [2.45, 2.75) is 26.9 Å². The number of halogens is 2. The number of hydrogen-bond acceptors (Lipinski definition) is 4. The third-order valence-electron chi connectivity index (χ3n) is 2.40. The predicted octanol–water partition coefficient (Wildman–Crippen LogP) is 1.85. The largest absolute Gasteiger partial charge is 0.366 e. The third-order valence-corrected chi connectivity index (χ3v) is 3.47. The number of hydrogen-bond donors (Lipinski definition) is 1. The molecule has 0 aliphatic rings. The molecule has 0 amide bonds. The van der Waals surface area contributed by atoms with Crippen LogP contribution in [0.2, 0.25) is 5.02 Å². The van der Waals surface area contributed by atoms with Crippen molar-refractivity contribution in [3.05, 3.63) is 21.1 Å². The quantitative estimate of drug-likeness (QED) is 0.937. The van der Waals surface area contributed by atoms with Crippen LogP contribution in [-0.4, -0.2) is 24.5 Å². The summed E-state index contributed by atoms with van der Waals surface area (Å²) in [5, 5.41) is 9.07. The van der Waals surface area contributed by atoms with Crippen molar-refractivity contribution in [3.63, 3.8) is 0 Å². The highest BCUT2D eigenvalue weighted by Gasteiger charge is 2.15. The van der Waals surface area contributed by atoms with Crippen molar-refractivity contribution in [2.24, 2.45) is 0 Å². The molecule has 2 heterocycles. The van der Waals surface area contributed by atoms with Gasteiger partial charge in [-0.15, -0.1) is 5.10 Å². The van der Waals surface area contributed by atoms with Crippen molar-refractivity contribution in [2.75, 3.05) is 5.73 Å². The molecular weight excluding hydrogens is 307 g/mol.